The van der Waals surface area contributed by atoms with Crippen LogP contribution in [0.2, 0.25) is 0 Å². The van der Waals surface area contributed by atoms with E-state index in [1.807, 2.05) is 12.4 Å². The average Bonchev–Trinajstić information content (AvgIpc) is 2.72. The summed E-state index contributed by atoms with van der Waals surface area (Å²) in [5, 5.41) is 2.86. The predicted octanol–water partition coefficient (Wildman–Crippen LogP) is 3.80. The normalized spacial score (nSPS) is 13.2. The van der Waals surface area contributed by atoms with Gasteiger partial charge in [0.15, 0.2) is 0 Å². The van der Waals surface area contributed by atoms with Crippen molar-refractivity contribution in [3.8, 4) is 0 Å². The first-order chi connectivity index (χ1) is 8.18. The Morgan fingerprint density at radius 2 is 1.82 bits per heavy atom. The van der Waals surface area contributed by atoms with Gasteiger partial charge in [0.1, 0.15) is 0 Å². The van der Waals surface area contributed by atoms with Gasteiger partial charge in [0, 0.05) is 18.6 Å². The monoisotopic (exact) mass is 250 g/mol. The largest absolute Gasteiger partial charge is 0.339 e. The molecule has 0 fully saturated rings. The third-order valence-corrected chi connectivity index (χ3v) is 8.50. The molecule has 0 aliphatic carbocycles. The fourth-order valence-electron chi connectivity index (χ4n) is 2.62. The molecule has 2 aromatic rings. The van der Waals surface area contributed by atoms with E-state index in [4.69, 9.17) is 0 Å². The van der Waals surface area contributed by atoms with Crippen LogP contribution in [-0.4, -0.2) is 26.8 Å². The SMILES string of the molecule is CCS(CC)(CC)c1cc2ccncc2n1C. The van der Waals surface area contributed by atoms with E-state index in [-0.39, 0.29) is 0 Å². The predicted molar refractivity (Wildman–Crippen MR) is 78.2 cm³/mol. The van der Waals surface area contributed by atoms with Crippen LogP contribution in [0.25, 0.3) is 10.9 Å². The van der Waals surface area contributed by atoms with Gasteiger partial charge in [-0.1, -0.05) is 20.8 Å². The average molecular weight is 250 g/mol. The van der Waals surface area contributed by atoms with Crippen LogP contribution in [0, 0.1) is 0 Å². The Balaban J connectivity index is 2.65. The molecule has 0 bridgehead atoms. The van der Waals surface area contributed by atoms with E-state index in [0.717, 1.165) is 0 Å². The molecule has 0 saturated heterocycles. The van der Waals surface area contributed by atoms with Gasteiger partial charge in [-0.2, -0.15) is 0 Å². The molecule has 0 spiro atoms. The van der Waals surface area contributed by atoms with Gasteiger partial charge in [-0.3, -0.25) is 4.98 Å². The molecular weight excluding hydrogens is 228 g/mol. The van der Waals surface area contributed by atoms with Crippen molar-refractivity contribution in [2.75, 3.05) is 17.3 Å². The maximum atomic E-state index is 4.24. The van der Waals surface area contributed by atoms with Crippen LogP contribution >= 0.6 is 10.0 Å². The molecule has 0 aromatic carbocycles. The standard InChI is InChI=1S/C14H22N2S/c1-5-17(6-2,7-3)14-10-12-8-9-15-11-13(12)16(14)4/h8-11H,5-7H2,1-4H3. The van der Waals surface area contributed by atoms with Crippen molar-refractivity contribution in [1.29, 1.82) is 0 Å². The zero-order valence-electron chi connectivity index (χ0n) is 11.2. The topological polar surface area (TPSA) is 17.8 Å². The summed E-state index contributed by atoms with van der Waals surface area (Å²) in [5.41, 5.74) is 1.26. The Hall–Kier alpha value is -0.960. The first kappa shape index (κ1) is 12.5. The van der Waals surface area contributed by atoms with E-state index in [2.05, 4.69) is 49.5 Å². The second-order valence-electron chi connectivity index (χ2n) is 4.39. The van der Waals surface area contributed by atoms with Crippen molar-refractivity contribution >= 4 is 20.9 Å². The Labute approximate surface area is 105 Å². The van der Waals surface area contributed by atoms with Crippen molar-refractivity contribution < 1.29 is 0 Å². The van der Waals surface area contributed by atoms with Gasteiger partial charge in [0.2, 0.25) is 0 Å². The fourth-order valence-corrected chi connectivity index (χ4v) is 5.79. The number of rotatable bonds is 4. The second-order valence-corrected chi connectivity index (χ2v) is 8.63. The number of aromatic nitrogens is 2. The Morgan fingerprint density at radius 3 is 2.35 bits per heavy atom. The lowest BCUT2D eigenvalue weighted by Crippen LogP contribution is -2.12. The summed E-state index contributed by atoms with van der Waals surface area (Å²) < 4.78 is 2.36. The number of hydrogen-bond donors (Lipinski definition) is 0. The summed E-state index contributed by atoms with van der Waals surface area (Å²) in [5.74, 6) is 3.83. The number of nitrogens with zero attached hydrogens (tertiary/aromatic N) is 2. The van der Waals surface area contributed by atoms with Crippen LogP contribution in [0.1, 0.15) is 20.8 Å². The third kappa shape index (κ3) is 1.86. The molecule has 94 valence electrons. The van der Waals surface area contributed by atoms with E-state index in [1.165, 1.54) is 33.2 Å². The summed E-state index contributed by atoms with van der Waals surface area (Å²) in [6.07, 6.45) is 3.86. The molecule has 0 N–H and O–H groups in total. The van der Waals surface area contributed by atoms with Crippen molar-refractivity contribution in [3.63, 3.8) is 0 Å². The molecule has 0 aliphatic heterocycles. The molecule has 2 nitrogen and oxygen atoms in total. The molecule has 0 radical (unpaired) electrons. The molecule has 17 heavy (non-hydrogen) atoms. The Bertz CT molecular complexity index is 504. The van der Waals surface area contributed by atoms with Crippen molar-refractivity contribution in [2.24, 2.45) is 7.05 Å². The Kier molecular flexibility index (Phi) is 3.48. The zero-order valence-corrected chi connectivity index (χ0v) is 12.0. The minimum Gasteiger partial charge on any atom is -0.339 e. The van der Waals surface area contributed by atoms with Crippen LogP contribution in [0.3, 0.4) is 0 Å². The van der Waals surface area contributed by atoms with Crippen molar-refractivity contribution in [1.82, 2.24) is 9.55 Å². The van der Waals surface area contributed by atoms with E-state index < -0.39 is 10.0 Å². The summed E-state index contributed by atoms with van der Waals surface area (Å²) in [6, 6.07) is 4.49. The van der Waals surface area contributed by atoms with Gasteiger partial charge in [-0.15, -0.1) is 0 Å². The number of hydrogen-bond acceptors (Lipinski definition) is 1. The molecule has 2 aromatic heterocycles. The zero-order chi connectivity index (χ0) is 12.5. The highest BCUT2D eigenvalue weighted by molar-refractivity contribution is 8.33. The van der Waals surface area contributed by atoms with E-state index in [9.17, 15) is 0 Å². The lowest BCUT2D eigenvalue weighted by molar-refractivity contribution is 0.849. The highest BCUT2D eigenvalue weighted by atomic mass is 32.3. The first-order valence-electron chi connectivity index (χ1n) is 6.34. The third-order valence-electron chi connectivity index (χ3n) is 3.91. The summed E-state index contributed by atoms with van der Waals surface area (Å²) >= 11 is 0. The van der Waals surface area contributed by atoms with E-state index in [1.54, 1.807) is 0 Å². The lowest BCUT2D eigenvalue weighted by atomic mass is 10.3. The highest BCUT2D eigenvalue weighted by Gasteiger charge is 2.24. The van der Waals surface area contributed by atoms with Crippen LogP contribution in [-0.2, 0) is 7.05 Å². The molecular formula is C14H22N2S. The summed E-state index contributed by atoms with van der Waals surface area (Å²) in [6.45, 7) is 6.99. The van der Waals surface area contributed by atoms with Gasteiger partial charge in [-0.25, -0.2) is 10.0 Å². The molecule has 2 heterocycles. The van der Waals surface area contributed by atoms with Crippen LogP contribution in [0.4, 0.5) is 0 Å². The van der Waals surface area contributed by atoms with Gasteiger partial charge in [0.05, 0.1) is 16.7 Å². The van der Waals surface area contributed by atoms with Crippen LogP contribution in [0.15, 0.2) is 29.6 Å². The maximum Gasteiger partial charge on any atom is 0.0672 e. The summed E-state index contributed by atoms with van der Waals surface area (Å²) in [4.78, 5) is 4.24. The second kappa shape index (κ2) is 4.73. The van der Waals surface area contributed by atoms with Gasteiger partial charge in [0.25, 0.3) is 0 Å². The minimum atomic E-state index is -0.646. The van der Waals surface area contributed by atoms with Gasteiger partial charge < -0.3 is 4.57 Å². The molecule has 0 saturated carbocycles. The fraction of sp³-hybridized carbons (Fsp3) is 0.500. The molecule has 0 atom stereocenters. The first-order valence-corrected chi connectivity index (χ1v) is 8.48. The quantitative estimate of drug-likeness (QED) is 0.807. The number of fused-ring (bicyclic) bond motifs is 1. The lowest BCUT2D eigenvalue weighted by Gasteiger charge is -2.37. The van der Waals surface area contributed by atoms with Gasteiger partial charge >= 0.3 is 0 Å². The van der Waals surface area contributed by atoms with Crippen LogP contribution in [0.5, 0.6) is 0 Å². The smallest absolute Gasteiger partial charge is 0.0672 e. The van der Waals surface area contributed by atoms with Crippen LogP contribution < -0.4 is 0 Å². The maximum absolute atomic E-state index is 4.24. The molecule has 0 aliphatic rings. The molecule has 2 rings (SSSR count). The molecule has 0 amide bonds. The minimum absolute atomic E-state index is 0.646. The Morgan fingerprint density at radius 1 is 1.18 bits per heavy atom. The van der Waals surface area contributed by atoms with Crippen molar-refractivity contribution in [2.45, 2.75) is 25.8 Å². The highest BCUT2D eigenvalue weighted by Crippen LogP contribution is 2.55. The number of pyridine rings is 1. The van der Waals surface area contributed by atoms with E-state index in [0.29, 0.717) is 0 Å². The molecule has 0 unspecified atom stereocenters. The number of aryl methyl sites for hydroxylation is 1. The molecule has 3 heteroatoms. The summed E-state index contributed by atoms with van der Waals surface area (Å²) in [7, 11) is 1.54. The van der Waals surface area contributed by atoms with Crippen molar-refractivity contribution in [3.05, 3.63) is 24.5 Å². The van der Waals surface area contributed by atoms with E-state index >= 15 is 0 Å². The van der Waals surface area contributed by atoms with Gasteiger partial charge in [-0.05, 0) is 29.4 Å².